The highest BCUT2D eigenvalue weighted by Crippen LogP contribution is 2.34. The van der Waals surface area contributed by atoms with E-state index >= 15 is 0 Å². The fourth-order valence-corrected chi connectivity index (χ4v) is 2.37. The first-order valence-electron chi connectivity index (χ1n) is 5.15. The highest BCUT2D eigenvalue weighted by molar-refractivity contribution is 6.20. The second-order valence-corrected chi connectivity index (χ2v) is 4.62. The Balaban J connectivity index is 2.05. The predicted molar refractivity (Wildman–Crippen MR) is 57.3 cm³/mol. The third-order valence-corrected chi connectivity index (χ3v) is 3.43. The maximum Gasteiger partial charge on any atom is 0.123 e. The van der Waals surface area contributed by atoms with Crippen molar-refractivity contribution in [2.24, 2.45) is 0 Å². The Morgan fingerprint density at radius 3 is 2.14 bits per heavy atom. The molecule has 0 saturated heterocycles. The van der Waals surface area contributed by atoms with Crippen molar-refractivity contribution >= 4 is 11.6 Å². The maximum atomic E-state index is 12.7. The zero-order valence-corrected chi connectivity index (χ0v) is 8.80. The zero-order chi connectivity index (χ0) is 9.97. The number of alkyl halides is 1. The summed E-state index contributed by atoms with van der Waals surface area (Å²) in [6, 6.07) is 6.88. The molecule has 0 unspecified atom stereocenters. The molecular weight excluding hydrogens is 199 g/mol. The lowest BCUT2D eigenvalue weighted by Crippen LogP contribution is -2.12. The van der Waals surface area contributed by atoms with E-state index in [1.165, 1.54) is 5.56 Å². The summed E-state index contributed by atoms with van der Waals surface area (Å²) in [5, 5.41) is 0.353. The summed E-state index contributed by atoms with van der Waals surface area (Å²) in [4.78, 5) is 0. The van der Waals surface area contributed by atoms with Crippen LogP contribution in [0.1, 0.15) is 37.2 Å². The van der Waals surface area contributed by atoms with E-state index in [9.17, 15) is 4.39 Å². The quantitative estimate of drug-likeness (QED) is 0.615. The molecule has 0 atom stereocenters. The minimum absolute atomic E-state index is 0.153. The van der Waals surface area contributed by atoms with Crippen molar-refractivity contribution in [1.29, 1.82) is 0 Å². The van der Waals surface area contributed by atoms with Crippen molar-refractivity contribution in [2.75, 3.05) is 0 Å². The van der Waals surface area contributed by atoms with E-state index in [0.29, 0.717) is 11.3 Å². The third-order valence-electron chi connectivity index (χ3n) is 3.00. The van der Waals surface area contributed by atoms with Crippen molar-refractivity contribution in [3.8, 4) is 0 Å². The first kappa shape index (κ1) is 9.97. The fraction of sp³-hybridized carbons (Fsp3) is 0.500. The summed E-state index contributed by atoms with van der Waals surface area (Å²) in [5.41, 5.74) is 1.26. The van der Waals surface area contributed by atoms with Gasteiger partial charge in [-0.2, -0.15) is 0 Å². The Kier molecular flexibility index (Phi) is 3.07. The minimum atomic E-state index is -0.153. The molecule has 1 fully saturated rings. The van der Waals surface area contributed by atoms with Gasteiger partial charge in [-0.3, -0.25) is 0 Å². The topological polar surface area (TPSA) is 0 Å². The smallest absolute Gasteiger partial charge is 0.123 e. The number of rotatable bonds is 1. The average molecular weight is 213 g/mol. The standard InChI is InChI=1S/C12H14ClF/c13-11-5-1-9(2-6-11)10-3-7-12(14)8-4-10/h3-4,7-9,11H,1-2,5-6H2. The first-order valence-corrected chi connectivity index (χ1v) is 5.59. The summed E-state index contributed by atoms with van der Waals surface area (Å²) in [7, 11) is 0. The van der Waals surface area contributed by atoms with E-state index in [0.717, 1.165) is 25.7 Å². The molecule has 1 saturated carbocycles. The molecule has 1 aliphatic carbocycles. The van der Waals surface area contributed by atoms with E-state index in [-0.39, 0.29) is 5.82 Å². The van der Waals surface area contributed by atoms with Gasteiger partial charge in [-0.1, -0.05) is 12.1 Å². The summed E-state index contributed by atoms with van der Waals surface area (Å²) in [5.74, 6) is 0.436. The molecule has 1 aromatic carbocycles. The van der Waals surface area contributed by atoms with Crippen LogP contribution in [0.15, 0.2) is 24.3 Å². The number of hydrogen-bond donors (Lipinski definition) is 0. The molecule has 0 bridgehead atoms. The van der Waals surface area contributed by atoms with Crippen LogP contribution in [-0.4, -0.2) is 5.38 Å². The molecule has 0 aromatic heterocycles. The average Bonchev–Trinajstić information content (AvgIpc) is 2.21. The lowest BCUT2D eigenvalue weighted by atomic mass is 9.84. The minimum Gasteiger partial charge on any atom is -0.207 e. The van der Waals surface area contributed by atoms with E-state index in [1.54, 1.807) is 12.1 Å². The first-order chi connectivity index (χ1) is 6.75. The van der Waals surface area contributed by atoms with Crippen LogP contribution in [0.5, 0.6) is 0 Å². The van der Waals surface area contributed by atoms with Crippen molar-refractivity contribution < 1.29 is 4.39 Å². The predicted octanol–water partition coefficient (Wildman–Crippen LogP) is 4.09. The second-order valence-electron chi connectivity index (χ2n) is 4.00. The molecule has 0 N–H and O–H groups in total. The third kappa shape index (κ3) is 2.27. The highest BCUT2D eigenvalue weighted by atomic mass is 35.5. The van der Waals surface area contributed by atoms with E-state index in [4.69, 9.17) is 11.6 Å². The largest absolute Gasteiger partial charge is 0.207 e. The summed E-state index contributed by atoms with van der Waals surface area (Å²) < 4.78 is 12.7. The van der Waals surface area contributed by atoms with Gasteiger partial charge in [-0.15, -0.1) is 11.6 Å². The van der Waals surface area contributed by atoms with Gasteiger partial charge in [0.05, 0.1) is 0 Å². The number of hydrogen-bond acceptors (Lipinski definition) is 0. The van der Waals surface area contributed by atoms with Crippen LogP contribution in [-0.2, 0) is 0 Å². The van der Waals surface area contributed by atoms with Crippen LogP contribution in [0, 0.1) is 5.82 Å². The van der Waals surface area contributed by atoms with E-state index < -0.39 is 0 Å². The molecule has 0 heterocycles. The van der Waals surface area contributed by atoms with Crippen LogP contribution >= 0.6 is 11.6 Å². The van der Waals surface area contributed by atoms with Gasteiger partial charge in [0.1, 0.15) is 5.82 Å². The Morgan fingerprint density at radius 1 is 1.00 bits per heavy atom. The molecular formula is C12H14ClF. The van der Waals surface area contributed by atoms with Crippen molar-refractivity contribution in [3.63, 3.8) is 0 Å². The molecule has 0 nitrogen and oxygen atoms in total. The number of halogens is 2. The maximum absolute atomic E-state index is 12.7. The lowest BCUT2D eigenvalue weighted by Gasteiger charge is -2.25. The molecule has 0 aliphatic heterocycles. The lowest BCUT2D eigenvalue weighted by molar-refractivity contribution is 0.448. The van der Waals surface area contributed by atoms with E-state index in [2.05, 4.69) is 0 Å². The molecule has 1 aliphatic rings. The van der Waals surface area contributed by atoms with Gasteiger partial charge >= 0.3 is 0 Å². The Hall–Kier alpha value is -0.560. The van der Waals surface area contributed by atoms with Crippen LogP contribution in [0.4, 0.5) is 4.39 Å². The van der Waals surface area contributed by atoms with Gasteiger partial charge in [0.15, 0.2) is 0 Å². The molecule has 2 rings (SSSR count). The monoisotopic (exact) mass is 212 g/mol. The van der Waals surface area contributed by atoms with Crippen LogP contribution < -0.4 is 0 Å². The summed E-state index contributed by atoms with van der Waals surface area (Å²) >= 11 is 6.03. The van der Waals surface area contributed by atoms with Gasteiger partial charge in [0.25, 0.3) is 0 Å². The van der Waals surface area contributed by atoms with Gasteiger partial charge in [-0.25, -0.2) is 4.39 Å². The molecule has 2 heteroatoms. The Morgan fingerprint density at radius 2 is 1.57 bits per heavy atom. The van der Waals surface area contributed by atoms with Crippen molar-refractivity contribution in [1.82, 2.24) is 0 Å². The Bertz CT molecular complexity index is 286. The zero-order valence-electron chi connectivity index (χ0n) is 8.05. The highest BCUT2D eigenvalue weighted by Gasteiger charge is 2.20. The van der Waals surface area contributed by atoms with Crippen molar-refractivity contribution in [3.05, 3.63) is 35.6 Å². The summed E-state index contributed by atoms with van der Waals surface area (Å²) in [6.45, 7) is 0. The van der Waals surface area contributed by atoms with Crippen LogP contribution in [0.2, 0.25) is 0 Å². The van der Waals surface area contributed by atoms with Crippen LogP contribution in [0.3, 0.4) is 0 Å². The van der Waals surface area contributed by atoms with Crippen molar-refractivity contribution in [2.45, 2.75) is 37.0 Å². The number of benzene rings is 1. The van der Waals surface area contributed by atoms with Crippen LogP contribution in [0.25, 0.3) is 0 Å². The molecule has 76 valence electrons. The molecule has 0 amide bonds. The molecule has 1 aromatic rings. The Labute approximate surface area is 89.1 Å². The SMILES string of the molecule is Fc1ccc(C2CCC(Cl)CC2)cc1. The summed E-state index contributed by atoms with van der Waals surface area (Å²) in [6.07, 6.45) is 4.45. The normalized spacial score (nSPS) is 27.6. The van der Waals surface area contributed by atoms with Gasteiger partial charge in [0.2, 0.25) is 0 Å². The van der Waals surface area contributed by atoms with E-state index in [1.807, 2.05) is 12.1 Å². The molecule has 0 spiro atoms. The van der Waals surface area contributed by atoms with Gasteiger partial charge < -0.3 is 0 Å². The van der Waals surface area contributed by atoms with Gasteiger partial charge in [0, 0.05) is 5.38 Å². The fourth-order valence-electron chi connectivity index (χ4n) is 2.12. The molecule has 0 radical (unpaired) electrons. The second kappa shape index (κ2) is 4.31. The van der Waals surface area contributed by atoms with Gasteiger partial charge in [-0.05, 0) is 49.3 Å². The molecule has 14 heavy (non-hydrogen) atoms.